The molecule has 1 N–H and O–H groups in total. The SMILES string of the molecule is CCCOc1ccc(NC(=O)C2C[C@H]3CCC[C@@H](C2)C3=O)cc1OCCC. The third-order valence-electron chi connectivity index (χ3n) is 5.55. The van der Waals surface area contributed by atoms with E-state index in [1.54, 1.807) is 0 Å². The first-order valence-corrected chi connectivity index (χ1v) is 10.4. The molecule has 2 saturated carbocycles. The molecule has 148 valence electrons. The van der Waals surface area contributed by atoms with Gasteiger partial charge in [0.2, 0.25) is 5.91 Å². The van der Waals surface area contributed by atoms with Crippen molar-refractivity contribution in [2.24, 2.45) is 17.8 Å². The van der Waals surface area contributed by atoms with Crippen LogP contribution in [-0.2, 0) is 9.59 Å². The van der Waals surface area contributed by atoms with Crippen molar-refractivity contribution < 1.29 is 19.1 Å². The van der Waals surface area contributed by atoms with Crippen LogP contribution in [0.3, 0.4) is 0 Å². The van der Waals surface area contributed by atoms with Gasteiger partial charge in [-0.05, 0) is 50.7 Å². The Bertz CT molecular complexity index is 656. The molecule has 5 heteroatoms. The number of rotatable bonds is 8. The fraction of sp³-hybridized carbons (Fsp3) is 0.636. The van der Waals surface area contributed by atoms with Crippen molar-refractivity contribution in [3.63, 3.8) is 0 Å². The van der Waals surface area contributed by atoms with Gasteiger partial charge in [0, 0.05) is 29.5 Å². The summed E-state index contributed by atoms with van der Waals surface area (Å²) < 4.78 is 11.6. The monoisotopic (exact) mass is 373 g/mol. The van der Waals surface area contributed by atoms with Gasteiger partial charge in [0.1, 0.15) is 5.78 Å². The molecule has 1 aromatic rings. The number of fused-ring (bicyclic) bond motifs is 2. The van der Waals surface area contributed by atoms with Crippen LogP contribution >= 0.6 is 0 Å². The standard InChI is InChI=1S/C22H31NO4/c1-3-10-26-19-9-8-18(14-20(19)27-11-4-2)23-22(25)17-12-15-6-5-7-16(13-17)21(15)24/h8-9,14-17H,3-7,10-13H2,1-2H3,(H,23,25)/t15-,16+,17?. The minimum absolute atomic E-state index is 0.0167. The fourth-order valence-corrected chi connectivity index (χ4v) is 4.18. The number of carbonyl (C=O) groups is 2. The molecule has 1 aromatic carbocycles. The number of hydrogen-bond donors (Lipinski definition) is 1. The van der Waals surface area contributed by atoms with Gasteiger partial charge in [-0.3, -0.25) is 9.59 Å². The first kappa shape index (κ1) is 19.7. The van der Waals surface area contributed by atoms with Crippen LogP contribution in [-0.4, -0.2) is 24.9 Å². The number of benzene rings is 1. The van der Waals surface area contributed by atoms with Crippen molar-refractivity contribution >= 4 is 17.4 Å². The Balaban J connectivity index is 1.67. The molecule has 2 bridgehead atoms. The van der Waals surface area contributed by atoms with Gasteiger partial charge in [-0.2, -0.15) is 0 Å². The Labute approximate surface area is 161 Å². The highest BCUT2D eigenvalue weighted by molar-refractivity contribution is 5.95. The van der Waals surface area contributed by atoms with E-state index in [1.807, 2.05) is 18.2 Å². The van der Waals surface area contributed by atoms with Crippen LogP contribution in [0.2, 0.25) is 0 Å². The molecule has 2 aliphatic rings. The predicted molar refractivity (Wildman–Crippen MR) is 105 cm³/mol. The largest absolute Gasteiger partial charge is 0.490 e. The van der Waals surface area contributed by atoms with Crippen molar-refractivity contribution in [2.75, 3.05) is 18.5 Å². The molecule has 0 aromatic heterocycles. The lowest BCUT2D eigenvalue weighted by Gasteiger charge is -2.36. The molecule has 2 fully saturated rings. The number of amides is 1. The Morgan fingerprint density at radius 1 is 1.04 bits per heavy atom. The number of nitrogens with one attached hydrogen (secondary N) is 1. The first-order chi connectivity index (χ1) is 13.1. The van der Waals surface area contributed by atoms with Gasteiger partial charge in [-0.25, -0.2) is 0 Å². The summed E-state index contributed by atoms with van der Waals surface area (Å²) in [5.74, 6) is 1.87. The Morgan fingerprint density at radius 3 is 2.30 bits per heavy atom. The Kier molecular flexibility index (Phi) is 6.75. The summed E-state index contributed by atoms with van der Waals surface area (Å²) in [6.07, 6.45) is 6.22. The van der Waals surface area contributed by atoms with Crippen LogP contribution in [0.15, 0.2) is 18.2 Å². The molecule has 0 radical (unpaired) electrons. The van der Waals surface area contributed by atoms with Crippen molar-refractivity contribution in [1.29, 1.82) is 0 Å². The zero-order valence-electron chi connectivity index (χ0n) is 16.5. The molecule has 0 heterocycles. The predicted octanol–water partition coefficient (Wildman–Crippen LogP) is 4.60. The number of ketones is 1. The summed E-state index contributed by atoms with van der Waals surface area (Å²) >= 11 is 0. The smallest absolute Gasteiger partial charge is 0.227 e. The van der Waals surface area contributed by atoms with Gasteiger partial charge >= 0.3 is 0 Å². The Morgan fingerprint density at radius 2 is 1.67 bits per heavy atom. The molecule has 0 saturated heterocycles. The molecule has 3 rings (SSSR count). The van der Waals surface area contributed by atoms with Crippen LogP contribution in [0, 0.1) is 17.8 Å². The second-order valence-corrected chi connectivity index (χ2v) is 7.74. The van der Waals surface area contributed by atoms with Gasteiger partial charge in [0.15, 0.2) is 11.5 Å². The van der Waals surface area contributed by atoms with E-state index < -0.39 is 0 Å². The average molecular weight is 373 g/mol. The van der Waals surface area contributed by atoms with Gasteiger partial charge in [-0.1, -0.05) is 20.3 Å². The quantitative estimate of drug-likeness (QED) is 0.723. The van der Waals surface area contributed by atoms with Crippen LogP contribution in [0.1, 0.15) is 58.8 Å². The van der Waals surface area contributed by atoms with E-state index in [0.717, 1.165) is 37.8 Å². The number of Topliss-reactive ketones (excluding diaryl/α,β-unsaturated/α-hetero) is 1. The maximum Gasteiger partial charge on any atom is 0.227 e. The van der Waals surface area contributed by atoms with Crippen molar-refractivity contribution in [3.05, 3.63) is 18.2 Å². The van der Waals surface area contributed by atoms with E-state index >= 15 is 0 Å². The van der Waals surface area contributed by atoms with E-state index in [0.29, 0.717) is 43.3 Å². The third-order valence-corrected chi connectivity index (χ3v) is 5.55. The van der Waals surface area contributed by atoms with Crippen molar-refractivity contribution in [3.8, 4) is 11.5 Å². The number of hydrogen-bond acceptors (Lipinski definition) is 4. The molecular weight excluding hydrogens is 342 g/mol. The zero-order chi connectivity index (χ0) is 19.2. The van der Waals surface area contributed by atoms with Gasteiger partial charge in [0.05, 0.1) is 13.2 Å². The lowest BCUT2D eigenvalue weighted by molar-refractivity contribution is -0.136. The molecule has 0 aliphatic heterocycles. The molecule has 3 atom stereocenters. The van der Waals surface area contributed by atoms with E-state index in [-0.39, 0.29) is 23.7 Å². The molecule has 27 heavy (non-hydrogen) atoms. The molecule has 1 amide bonds. The zero-order valence-corrected chi connectivity index (χ0v) is 16.5. The summed E-state index contributed by atoms with van der Waals surface area (Å²) in [5, 5.41) is 3.03. The maximum atomic E-state index is 12.8. The highest BCUT2D eigenvalue weighted by Gasteiger charge is 2.41. The summed E-state index contributed by atoms with van der Waals surface area (Å²) in [6.45, 7) is 5.35. The minimum atomic E-state index is -0.0750. The van der Waals surface area contributed by atoms with E-state index in [4.69, 9.17) is 9.47 Å². The van der Waals surface area contributed by atoms with Gasteiger partial charge in [0.25, 0.3) is 0 Å². The summed E-state index contributed by atoms with van der Waals surface area (Å²) in [6, 6.07) is 5.55. The van der Waals surface area contributed by atoms with Crippen LogP contribution < -0.4 is 14.8 Å². The minimum Gasteiger partial charge on any atom is -0.490 e. The Hall–Kier alpha value is -2.04. The van der Waals surface area contributed by atoms with Gasteiger partial charge in [-0.15, -0.1) is 0 Å². The number of ether oxygens (including phenoxy) is 2. The highest BCUT2D eigenvalue weighted by Crippen LogP contribution is 2.40. The van der Waals surface area contributed by atoms with Gasteiger partial charge < -0.3 is 14.8 Å². The number of anilines is 1. The van der Waals surface area contributed by atoms with Crippen molar-refractivity contribution in [2.45, 2.75) is 58.8 Å². The second-order valence-electron chi connectivity index (χ2n) is 7.74. The van der Waals surface area contributed by atoms with Crippen LogP contribution in [0.25, 0.3) is 0 Å². The fourth-order valence-electron chi connectivity index (χ4n) is 4.18. The lowest BCUT2D eigenvalue weighted by Crippen LogP contribution is -2.40. The molecule has 1 unspecified atom stereocenters. The van der Waals surface area contributed by atoms with Crippen LogP contribution in [0.5, 0.6) is 11.5 Å². The summed E-state index contributed by atoms with van der Waals surface area (Å²) in [5.41, 5.74) is 0.719. The average Bonchev–Trinajstić information content (AvgIpc) is 2.65. The maximum absolute atomic E-state index is 12.8. The number of carbonyl (C=O) groups excluding carboxylic acids is 2. The first-order valence-electron chi connectivity index (χ1n) is 10.4. The summed E-state index contributed by atoms with van der Waals surface area (Å²) in [4.78, 5) is 25.0. The molecule has 0 spiro atoms. The summed E-state index contributed by atoms with van der Waals surface area (Å²) in [7, 11) is 0. The van der Waals surface area contributed by atoms with Crippen molar-refractivity contribution in [1.82, 2.24) is 0 Å². The third kappa shape index (κ3) is 4.82. The topological polar surface area (TPSA) is 64.6 Å². The second kappa shape index (κ2) is 9.25. The van der Waals surface area contributed by atoms with E-state index in [9.17, 15) is 9.59 Å². The van der Waals surface area contributed by atoms with Crippen LogP contribution in [0.4, 0.5) is 5.69 Å². The molecular formula is C22H31NO4. The normalized spacial score (nSPS) is 24.4. The van der Waals surface area contributed by atoms with E-state index in [1.165, 1.54) is 0 Å². The van der Waals surface area contributed by atoms with E-state index in [2.05, 4.69) is 19.2 Å². The highest BCUT2D eigenvalue weighted by atomic mass is 16.5. The molecule has 2 aliphatic carbocycles. The lowest BCUT2D eigenvalue weighted by atomic mass is 9.67. The molecule has 5 nitrogen and oxygen atoms in total.